The average molecular weight is 214 g/mol. The zero-order valence-corrected chi connectivity index (χ0v) is 9.26. The number of hydrogen-bond acceptors (Lipinski definition) is 3. The van der Waals surface area contributed by atoms with Crippen LogP contribution in [-0.2, 0) is 4.79 Å². The van der Waals surface area contributed by atoms with Gasteiger partial charge in [0.1, 0.15) is 0 Å². The molecule has 2 rings (SSSR count). The predicted octanol–water partition coefficient (Wildman–Crippen LogP) is 2.86. The lowest BCUT2D eigenvalue weighted by Gasteiger charge is -2.25. The number of carbonyl (C=O) groups excluding carboxylic acids is 1. The molecule has 72 valence electrons. The van der Waals surface area contributed by atoms with E-state index in [1.165, 1.54) is 23.5 Å². The predicted molar refractivity (Wildman–Crippen MR) is 60.3 cm³/mol. The third-order valence-electron chi connectivity index (χ3n) is 2.36. The Hall–Kier alpha value is 0.110. The van der Waals surface area contributed by atoms with Crippen LogP contribution in [0.15, 0.2) is 11.6 Å². The first-order valence-corrected chi connectivity index (χ1v) is 6.92. The fourth-order valence-corrected chi connectivity index (χ4v) is 4.70. The van der Waals surface area contributed by atoms with Crippen LogP contribution in [0, 0.1) is 0 Å². The summed E-state index contributed by atoms with van der Waals surface area (Å²) in [6.07, 6.45) is 6.22. The second-order valence-electron chi connectivity index (χ2n) is 3.47. The molecule has 0 spiro atoms. The molecule has 0 N–H and O–H groups in total. The Labute approximate surface area is 87.7 Å². The maximum atomic E-state index is 11.2. The third-order valence-corrected chi connectivity index (χ3v) is 5.44. The van der Waals surface area contributed by atoms with Gasteiger partial charge in [-0.05, 0) is 42.4 Å². The highest BCUT2D eigenvalue weighted by Crippen LogP contribution is 2.38. The van der Waals surface area contributed by atoms with Gasteiger partial charge in [0.15, 0.2) is 5.78 Å². The maximum absolute atomic E-state index is 11.2. The Morgan fingerprint density at radius 3 is 2.62 bits per heavy atom. The first kappa shape index (κ1) is 9.66. The summed E-state index contributed by atoms with van der Waals surface area (Å²) in [6, 6.07) is 0. The van der Waals surface area contributed by atoms with E-state index in [2.05, 4.69) is 0 Å². The van der Waals surface area contributed by atoms with Crippen molar-refractivity contribution >= 4 is 29.3 Å². The van der Waals surface area contributed by atoms with Crippen molar-refractivity contribution in [1.29, 1.82) is 0 Å². The first-order chi connectivity index (χ1) is 6.36. The van der Waals surface area contributed by atoms with Gasteiger partial charge in [0.25, 0.3) is 0 Å². The summed E-state index contributed by atoms with van der Waals surface area (Å²) < 4.78 is 0.595. The van der Waals surface area contributed by atoms with Crippen LogP contribution in [0.3, 0.4) is 0 Å². The second kappa shape index (κ2) is 4.56. The molecule has 1 nitrogen and oxygen atoms in total. The molecular weight excluding hydrogens is 200 g/mol. The SMILES string of the molecule is O=C1C=C(C2SCCCS2)CCC1. The van der Waals surface area contributed by atoms with Crippen LogP contribution in [0.2, 0.25) is 0 Å². The van der Waals surface area contributed by atoms with Crippen molar-refractivity contribution in [3.8, 4) is 0 Å². The van der Waals surface area contributed by atoms with Crippen molar-refractivity contribution in [2.75, 3.05) is 11.5 Å². The summed E-state index contributed by atoms with van der Waals surface area (Å²) in [5.74, 6) is 2.87. The highest BCUT2D eigenvalue weighted by molar-refractivity contribution is 8.17. The molecule has 0 bridgehead atoms. The lowest BCUT2D eigenvalue weighted by molar-refractivity contribution is -0.115. The molecule has 1 saturated heterocycles. The standard InChI is InChI=1S/C10H14OS2/c11-9-4-1-3-8(7-9)10-12-5-2-6-13-10/h7,10H,1-6H2. The van der Waals surface area contributed by atoms with E-state index in [1.54, 1.807) is 0 Å². The number of thioether (sulfide) groups is 2. The van der Waals surface area contributed by atoms with Crippen LogP contribution in [0.5, 0.6) is 0 Å². The van der Waals surface area contributed by atoms with Gasteiger partial charge in [-0.3, -0.25) is 4.79 Å². The van der Waals surface area contributed by atoms with Crippen molar-refractivity contribution in [1.82, 2.24) is 0 Å². The zero-order chi connectivity index (χ0) is 9.10. The molecule has 1 fully saturated rings. The van der Waals surface area contributed by atoms with Gasteiger partial charge in [0.05, 0.1) is 4.58 Å². The van der Waals surface area contributed by atoms with E-state index in [0.29, 0.717) is 10.4 Å². The molecule has 0 radical (unpaired) electrons. The molecule has 3 heteroatoms. The number of ketones is 1. The number of rotatable bonds is 1. The van der Waals surface area contributed by atoms with Crippen molar-refractivity contribution in [3.63, 3.8) is 0 Å². The third kappa shape index (κ3) is 2.53. The number of hydrogen-bond donors (Lipinski definition) is 0. The maximum Gasteiger partial charge on any atom is 0.155 e. The van der Waals surface area contributed by atoms with E-state index in [1.807, 2.05) is 29.6 Å². The molecule has 0 atom stereocenters. The summed E-state index contributed by atoms with van der Waals surface area (Å²) in [5, 5.41) is 0. The quantitative estimate of drug-likeness (QED) is 0.668. The fourth-order valence-electron chi connectivity index (χ4n) is 1.71. The van der Waals surface area contributed by atoms with Gasteiger partial charge in [-0.25, -0.2) is 0 Å². The van der Waals surface area contributed by atoms with Crippen LogP contribution in [0.4, 0.5) is 0 Å². The minimum absolute atomic E-state index is 0.341. The molecule has 1 aliphatic carbocycles. The molecular formula is C10H14OS2. The topological polar surface area (TPSA) is 17.1 Å². The molecule has 0 aromatic rings. The van der Waals surface area contributed by atoms with Gasteiger partial charge in [0, 0.05) is 6.42 Å². The van der Waals surface area contributed by atoms with Crippen molar-refractivity contribution < 1.29 is 4.79 Å². The molecule has 0 saturated carbocycles. The molecule has 1 aliphatic heterocycles. The Balaban J connectivity index is 2.01. The molecule has 13 heavy (non-hydrogen) atoms. The van der Waals surface area contributed by atoms with Crippen LogP contribution in [0.25, 0.3) is 0 Å². The lowest BCUT2D eigenvalue weighted by atomic mass is 10.00. The summed E-state index contributed by atoms with van der Waals surface area (Å²) in [6.45, 7) is 0. The van der Waals surface area contributed by atoms with Crippen molar-refractivity contribution in [2.45, 2.75) is 30.3 Å². The van der Waals surface area contributed by atoms with Crippen LogP contribution >= 0.6 is 23.5 Å². The summed E-state index contributed by atoms with van der Waals surface area (Å²) >= 11 is 4.03. The summed E-state index contributed by atoms with van der Waals surface area (Å²) in [7, 11) is 0. The van der Waals surface area contributed by atoms with E-state index < -0.39 is 0 Å². The van der Waals surface area contributed by atoms with Crippen molar-refractivity contribution in [3.05, 3.63) is 11.6 Å². The van der Waals surface area contributed by atoms with Crippen LogP contribution in [0.1, 0.15) is 25.7 Å². The normalized spacial score (nSPS) is 25.8. The second-order valence-corrected chi connectivity index (χ2v) is 6.19. The van der Waals surface area contributed by atoms with Gasteiger partial charge in [-0.1, -0.05) is 0 Å². The fraction of sp³-hybridized carbons (Fsp3) is 0.700. The van der Waals surface area contributed by atoms with Gasteiger partial charge < -0.3 is 0 Å². The minimum atomic E-state index is 0.341. The zero-order valence-electron chi connectivity index (χ0n) is 7.62. The van der Waals surface area contributed by atoms with E-state index >= 15 is 0 Å². The first-order valence-electron chi connectivity index (χ1n) is 4.83. The minimum Gasteiger partial charge on any atom is -0.295 e. The molecule has 0 aromatic carbocycles. The smallest absolute Gasteiger partial charge is 0.155 e. The lowest BCUT2D eigenvalue weighted by Crippen LogP contribution is -2.14. The highest BCUT2D eigenvalue weighted by atomic mass is 32.2. The Bertz CT molecular complexity index is 229. The molecule has 0 amide bonds. The highest BCUT2D eigenvalue weighted by Gasteiger charge is 2.21. The monoisotopic (exact) mass is 214 g/mol. The van der Waals surface area contributed by atoms with Gasteiger partial charge in [-0.2, -0.15) is 0 Å². The van der Waals surface area contributed by atoms with Crippen LogP contribution < -0.4 is 0 Å². The molecule has 0 aromatic heterocycles. The van der Waals surface area contributed by atoms with E-state index in [0.717, 1.165) is 19.3 Å². The largest absolute Gasteiger partial charge is 0.295 e. The van der Waals surface area contributed by atoms with E-state index in [9.17, 15) is 4.79 Å². The van der Waals surface area contributed by atoms with Gasteiger partial charge >= 0.3 is 0 Å². The average Bonchev–Trinajstić information content (AvgIpc) is 2.19. The number of allylic oxidation sites excluding steroid dienone is 1. The summed E-state index contributed by atoms with van der Waals surface area (Å²) in [5.41, 5.74) is 1.39. The summed E-state index contributed by atoms with van der Waals surface area (Å²) in [4.78, 5) is 11.2. The van der Waals surface area contributed by atoms with Gasteiger partial charge in [-0.15, -0.1) is 23.5 Å². The van der Waals surface area contributed by atoms with Crippen LogP contribution in [-0.4, -0.2) is 21.9 Å². The molecule has 2 aliphatic rings. The Morgan fingerprint density at radius 2 is 1.92 bits per heavy atom. The van der Waals surface area contributed by atoms with Crippen molar-refractivity contribution in [2.24, 2.45) is 0 Å². The number of carbonyl (C=O) groups is 1. The Kier molecular flexibility index (Phi) is 3.39. The molecule has 0 unspecified atom stereocenters. The Morgan fingerprint density at radius 1 is 1.15 bits per heavy atom. The molecule has 1 heterocycles. The van der Waals surface area contributed by atoms with E-state index in [-0.39, 0.29) is 0 Å². The van der Waals surface area contributed by atoms with Gasteiger partial charge in [0.2, 0.25) is 0 Å². The van der Waals surface area contributed by atoms with E-state index in [4.69, 9.17) is 0 Å².